The average Bonchev–Trinajstić information content (AvgIpc) is 3.07. The van der Waals surface area contributed by atoms with Crippen LogP contribution in [0.25, 0.3) is 0 Å². The molecule has 2 unspecified atom stereocenters. The van der Waals surface area contributed by atoms with Gasteiger partial charge in [0.25, 0.3) is 0 Å². The zero-order valence-corrected chi connectivity index (χ0v) is 18.9. The van der Waals surface area contributed by atoms with Crippen LogP contribution in [0.4, 0.5) is 0 Å². The molecule has 0 N–H and O–H groups in total. The second-order valence-corrected chi connectivity index (χ2v) is 10.3. The van der Waals surface area contributed by atoms with Crippen molar-refractivity contribution in [2.24, 2.45) is 5.92 Å². The van der Waals surface area contributed by atoms with Crippen LogP contribution < -0.4 is 10.2 Å². The maximum Gasteiger partial charge on any atom is 0.494 e. The third-order valence-electron chi connectivity index (χ3n) is 6.13. The van der Waals surface area contributed by atoms with Crippen LogP contribution in [0, 0.1) is 5.92 Å². The first kappa shape index (κ1) is 22.2. The monoisotopic (exact) mass is 402 g/mol. The Kier molecular flexibility index (Phi) is 6.08. The molecule has 2 fully saturated rings. The van der Waals surface area contributed by atoms with Gasteiger partial charge in [0.05, 0.1) is 17.6 Å². The van der Waals surface area contributed by atoms with E-state index in [9.17, 15) is 4.79 Å². The third-order valence-corrected chi connectivity index (χ3v) is 6.13. The lowest BCUT2D eigenvalue weighted by molar-refractivity contribution is -0.156. The molecule has 5 nitrogen and oxygen atoms in total. The molecule has 1 aromatic rings. The van der Waals surface area contributed by atoms with Gasteiger partial charge in [-0.1, -0.05) is 12.1 Å². The van der Waals surface area contributed by atoms with E-state index in [4.69, 9.17) is 18.8 Å². The van der Waals surface area contributed by atoms with Crippen LogP contribution in [-0.4, -0.2) is 36.0 Å². The highest BCUT2D eigenvalue weighted by atomic mass is 16.7. The van der Waals surface area contributed by atoms with Crippen molar-refractivity contribution in [3.8, 4) is 5.75 Å². The zero-order chi connectivity index (χ0) is 21.4. The van der Waals surface area contributed by atoms with Gasteiger partial charge in [0.1, 0.15) is 17.5 Å². The predicted molar refractivity (Wildman–Crippen MR) is 114 cm³/mol. The Labute approximate surface area is 175 Å². The van der Waals surface area contributed by atoms with Gasteiger partial charge in [-0.3, -0.25) is 4.79 Å². The summed E-state index contributed by atoms with van der Waals surface area (Å²) >= 11 is 0. The molecule has 0 spiro atoms. The second kappa shape index (κ2) is 7.95. The van der Waals surface area contributed by atoms with Crippen molar-refractivity contribution >= 4 is 18.6 Å². The first-order valence-corrected chi connectivity index (χ1v) is 10.7. The van der Waals surface area contributed by atoms with Crippen LogP contribution in [0.3, 0.4) is 0 Å². The molecule has 1 saturated heterocycles. The fourth-order valence-corrected chi connectivity index (χ4v) is 3.85. The molecule has 1 heterocycles. The van der Waals surface area contributed by atoms with E-state index in [1.54, 1.807) is 0 Å². The van der Waals surface area contributed by atoms with E-state index >= 15 is 0 Å². The van der Waals surface area contributed by atoms with Gasteiger partial charge >= 0.3 is 13.1 Å². The van der Waals surface area contributed by atoms with E-state index in [-0.39, 0.29) is 36.3 Å². The zero-order valence-electron chi connectivity index (χ0n) is 18.9. The Balaban J connectivity index is 1.59. The molecular weight excluding hydrogens is 367 g/mol. The molecule has 1 aliphatic carbocycles. The lowest BCUT2D eigenvalue weighted by Crippen LogP contribution is -2.41. The number of esters is 1. The van der Waals surface area contributed by atoms with Gasteiger partial charge in [-0.25, -0.2) is 0 Å². The molecule has 6 heteroatoms. The highest BCUT2D eigenvalue weighted by Gasteiger charge is 2.51. The molecule has 2 aliphatic rings. The fraction of sp³-hybridized carbons (Fsp3) is 0.696. The number of ether oxygens (including phenoxy) is 2. The SMILES string of the molecule is CC(C)(C)OC(=O)CC1CCCC1Oc1ccc(B2OC(C)(C)C(C)(C)O2)cc1. The summed E-state index contributed by atoms with van der Waals surface area (Å²) in [5, 5.41) is 0. The quantitative estimate of drug-likeness (QED) is 0.544. The molecule has 1 saturated carbocycles. The summed E-state index contributed by atoms with van der Waals surface area (Å²) in [6.45, 7) is 13.9. The largest absolute Gasteiger partial charge is 0.494 e. The van der Waals surface area contributed by atoms with Gasteiger partial charge in [0.2, 0.25) is 0 Å². The first-order chi connectivity index (χ1) is 13.4. The summed E-state index contributed by atoms with van der Waals surface area (Å²) in [6, 6.07) is 7.91. The normalized spacial score (nSPS) is 25.8. The minimum atomic E-state index is -0.449. The minimum absolute atomic E-state index is 0.0465. The van der Waals surface area contributed by atoms with E-state index in [0.29, 0.717) is 6.42 Å². The van der Waals surface area contributed by atoms with Crippen molar-refractivity contribution in [2.45, 2.75) is 97.1 Å². The molecule has 160 valence electrons. The summed E-state index contributed by atoms with van der Waals surface area (Å²) in [5.74, 6) is 0.869. The summed E-state index contributed by atoms with van der Waals surface area (Å²) in [6.07, 6.45) is 3.49. The van der Waals surface area contributed by atoms with Crippen molar-refractivity contribution < 1.29 is 23.6 Å². The predicted octanol–water partition coefficient (Wildman–Crippen LogP) is 4.27. The number of rotatable bonds is 5. The van der Waals surface area contributed by atoms with Crippen molar-refractivity contribution in [2.75, 3.05) is 0 Å². The summed E-state index contributed by atoms with van der Waals surface area (Å²) < 4.78 is 23.9. The molecule has 29 heavy (non-hydrogen) atoms. The fourth-order valence-electron chi connectivity index (χ4n) is 3.85. The van der Waals surface area contributed by atoms with E-state index in [0.717, 1.165) is 30.5 Å². The van der Waals surface area contributed by atoms with Gasteiger partial charge < -0.3 is 18.8 Å². The average molecular weight is 402 g/mol. The topological polar surface area (TPSA) is 54.0 Å². The molecule has 3 rings (SSSR count). The maximum absolute atomic E-state index is 12.2. The van der Waals surface area contributed by atoms with Gasteiger partial charge in [-0.2, -0.15) is 0 Å². The standard InChI is InChI=1S/C23H35BO5/c1-21(2,3)27-20(25)15-16-9-8-10-19(16)26-18-13-11-17(12-14-18)24-28-22(4,5)23(6,7)29-24/h11-14,16,19H,8-10,15H2,1-7H3. The lowest BCUT2D eigenvalue weighted by atomic mass is 9.79. The van der Waals surface area contributed by atoms with Crippen LogP contribution in [0.5, 0.6) is 5.75 Å². The molecule has 0 aromatic heterocycles. The van der Waals surface area contributed by atoms with Crippen molar-refractivity contribution in [3.05, 3.63) is 24.3 Å². The Morgan fingerprint density at radius 3 is 2.21 bits per heavy atom. The van der Waals surface area contributed by atoms with Crippen LogP contribution >= 0.6 is 0 Å². The van der Waals surface area contributed by atoms with E-state index in [2.05, 4.69) is 27.7 Å². The van der Waals surface area contributed by atoms with E-state index < -0.39 is 5.60 Å². The van der Waals surface area contributed by atoms with Crippen LogP contribution in [0.15, 0.2) is 24.3 Å². The molecule has 1 aromatic carbocycles. The number of hydrogen-bond acceptors (Lipinski definition) is 5. The molecule has 2 atom stereocenters. The van der Waals surface area contributed by atoms with Gasteiger partial charge in [0, 0.05) is 5.92 Å². The number of carbonyl (C=O) groups is 1. The highest BCUT2D eigenvalue weighted by Crippen LogP contribution is 2.37. The smallest absolute Gasteiger partial charge is 0.490 e. The van der Waals surface area contributed by atoms with Gasteiger partial charge in [-0.15, -0.1) is 0 Å². The third kappa shape index (κ3) is 5.34. The van der Waals surface area contributed by atoms with Gasteiger partial charge in [0.15, 0.2) is 0 Å². The van der Waals surface area contributed by atoms with Crippen molar-refractivity contribution in [3.63, 3.8) is 0 Å². The molecular formula is C23H35BO5. The van der Waals surface area contributed by atoms with Crippen LogP contribution in [0.1, 0.15) is 74.1 Å². The Bertz CT molecular complexity index is 704. The van der Waals surface area contributed by atoms with Crippen molar-refractivity contribution in [1.82, 2.24) is 0 Å². The maximum atomic E-state index is 12.2. The van der Waals surface area contributed by atoms with Crippen LogP contribution in [-0.2, 0) is 18.8 Å². The summed E-state index contributed by atoms with van der Waals surface area (Å²) in [5.41, 5.74) is -0.181. The summed E-state index contributed by atoms with van der Waals surface area (Å²) in [7, 11) is -0.375. The second-order valence-electron chi connectivity index (χ2n) is 10.3. The van der Waals surface area contributed by atoms with E-state index in [1.807, 2.05) is 45.0 Å². The first-order valence-electron chi connectivity index (χ1n) is 10.7. The number of carbonyl (C=O) groups excluding carboxylic acids is 1. The Hall–Kier alpha value is -1.53. The molecule has 0 bridgehead atoms. The molecule has 0 amide bonds. The lowest BCUT2D eigenvalue weighted by Gasteiger charge is -2.32. The molecule has 0 radical (unpaired) electrons. The Morgan fingerprint density at radius 1 is 1.07 bits per heavy atom. The van der Waals surface area contributed by atoms with E-state index in [1.165, 1.54) is 0 Å². The number of hydrogen-bond donors (Lipinski definition) is 0. The Morgan fingerprint density at radius 2 is 1.66 bits per heavy atom. The highest BCUT2D eigenvalue weighted by molar-refractivity contribution is 6.62. The van der Waals surface area contributed by atoms with Gasteiger partial charge in [-0.05, 0) is 85.3 Å². The minimum Gasteiger partial charge on any atom is -0.490 e. The summed E-state index contributed by atoms with van der Waals surface area (Å²) in [4.78, 5) is 12.2. The molecule has 1 aliphatic heterocycles. The number of benzene rings is 1. The van der Waals surface area contributed by atoms with Crippen LogP contribution in [0.2, 0.25) is 0 Å². The van der Waals surface area contributed by atoms with Crippen molar-refractivity contribution in [1.29, 1.82) is 0 Å².